The first kappa shape index (κ1) is 20.4. The highest BCUT2D eigenvalue weighted by Crippen LogP contribution is 2.17. The van der Waals surface area contributed by atoms with Gasteiger partial charge in [0.2, 0.25) is 0 Å². The zero-order chi connectivity index (χ0) is 20.0. The normalized spacial score (nSPS) is 11.2. The second-order valence-electron chi connectivity index (χ2n) is 6.13. The molecule has 2 aromatic rings. The quantitative estimate of drug-likeness (QED) is 0.714. The predicted octanol–water partition coefficient (Wildman–Crippen LogP) is 2.26. The monoisotopic (exact) mass is 391 g/mol. The summed E-state index contributed by atoms with van der Waals surface area (Å²) < 4.78 is 29.3. The fraction of sp³-hybridized carbons (Fsp3) is 0.263. The molecule has 2 rings (SSSR count). The maximum Gasteiger partial charge on any atom is 0.341 e. The van der Waals surface area contributed by atoms with Gasteiger partial charge in [-0.1, -0.05) is 12.1 Å². The molecule has 7 nitrogen and oxygen atoms in total. The summed E-state index contributed by atoms with van der Waals surface area (Å²) in [4.78, 5) is 23.0. The van der Waals surface area contributed by atoms with Crippen molar-refractivity contribution in [1.82, 2.24) is 5.32 Å². The van der Waals surface area contributed by atoms with Gasteiger partial charge in [0, 0.05) is 12.1 Å². The average Bonchev–Trinajstić information content (AvgIpc) is 2.64. The molecule has 0 radical (unpaired) electrons. The maximum absolute atomic E-state index is 12.2. The number of benzene rings is 2. The van der Waals surface area contributed by atoms with E-state index >= 15 is 0 Å². The molecule has 0 unspecified atom stereocenters. The molecule has 0 atom stereocenters. The van der Waals surface area contributed by atoms with E-state index in [-0.39, 0.29) is 17.3 Å². The van der Waals surface area contributed by atoms with Gasteiger partial charge in [-0.15, -0.1) is 0 Å². The molecule has 0 aromatic heterocycles. The second kappa shape index (κ2) is 8.68. The highest BCUT2D eigenvalue weighted by atomic mass is 32.2. The van der Waals surface area contributed by atoms with Crippen LogP contribution < -0.4 is 10.1 Å². The molecule has 0 fully saturated rings. The Bertz CT molecular complexity index is 919. The average molecular weight is 391 g/mol. The van der Waals surface area contributed by atoms with Gasteiger partial charge in [-0.05, 0) is 55.8 Å². The Morgan fingerprint density at radius 1 is 1.11 bits per heavy atom. The van der Waals surface area contributed by atoms with E-state index < -0.39 is 27.7 Å². The van der Waals surface area contributed by atoms with Crippen molar-refractivity contribution in [2.45, 2.75) is 30.5 Å². The van der Waals surface area contributed by atoms with Crippen molar-refractivity contribution in [2.75, 3.05) is 6.61 Å². The molecule has 0 bridgehead atoms. The van der Waals surface area contributed by atoms with Crippen LogP contribution in [0.3, 0.4) is 0 Å². The number of ether oxygens (including phenoxy) is 1. The van der Waals surface area contributed by atoms with Crippen LogP contribution in [0.25, 0.3) is 0 Å². The minimum atomic E-state index is -3.38. The van der Waals surface area contributed by atoms with Crippen LogP contribution in [-0.2, 0) is 21.2 Å². The Kier molecular flexibility index (Phi) is 6.57. The number of nitrogens with one attached hydrogen (secondary N) is 1. The van der Waals surface area contributed by atoms with Crippen LogP contribution in [0.15, 0.2) is 53.4 Å². The molecule has 27 heavy (non-hydrogen) atoms. The topological polar surface area (TPSA) is 110 Å². The number of carboxylic acids is 1. The van der Waals surface area contributed by atoms with E-state index in [1.807, 2.05) is 0 Å². The summed E-state index contributed by atoms with van der Waals surface area (Å²) in [6, 6.07) is 12.5. The Hall–Kier alpha value is -2.87. The number of hydrogen-bond donors (Lipinski definition) is 2. The molecule has 0 aliphatic carbocycles. The van der Waals surface area contributed by atoms with E-state index in [1.165, 1.54) is 24.3 Å². The van der Waals surface area contributed by atoms with Gasteiger partial charge in [-0.3, -0.25) is 4.79 Å². The first-order valence-corrected chi connectivity index (χ1v) is 9.80. The van der Waals surface area contributed by atoms with Crippen LogP contribution in [0.5, 0.6) is 5.75 Å². The van der Waals surface area contributed by atoms with Crippen molar-refractivity contribution in [2.24, 2.45) is 0 Å². The molecule has 0 saturated carbocycles. The van der Waals surface area contributed by atoms with Gasteiger partial charge in [0.25, 0.3) is 5.91 Å². The van der Waals surface area contributed by atoms with Crippen LogP contribution >= 0.6 is 0 Å². The zero-order valence-corrected chi connectivity index (χ0v) is 15.8. The second-order valence-corrected chi connectivity index (χ2v) is 8.63. The molecule has 1 amide bonds. The molecular weight excluding hydrogens is 370 g/mol. The highest BCUT2D eigenvalue weighted by Gasteiger charge is 2.19. The van der Waals surface area contributed by atoms with Crippen LogP contribution in [0.1, 0.15) is 29.8 Å². The lowest BCUT2D eigenvalue weighted by Crippen LogP contribution is -2.23. The first-order valence-electron chi connectivity index (χ1n) is 8.26. The number of carboxylic acid groups (broad SMARTS) is 1. The van der Waals surface area contributed by atoms with Crippen molar-refractivity contribution in [1.29, 1.82) is 0 Å². The van der Waals surface area contributed by atoms with Crippen molar-refractivity contribution < 1.29 is 27.9 Å². The van der Waals surface area contributed by atoms with Crippen LogP contribution in [0.2, 0.25) is 0 Å². The number of aliphatic carboxylic acids is 1. The number of rotatable bonds is 8. The number of amides is 1. The van der Waals surface area contributed by atoms with E-state index in [2.05, 4.69) is 5.32 Å². The van der Waals surface area contributed by atoms with Gasteiger partial charge < -0.3 is 15.2 Å². The van der Waals surface area contributed by atoms with E-state index in [0.717, 1.165) is 5.56 Å². The van der Waals surface area contributed by atoms with Gasteiger partial charge in [-0.2, -0.15) is 0 Å². The lowest BCUT2D eigenvalue weighted by Gasteiger charge is -2.10. The molecule has 2 N–H and O–H groups in total. The summed E-state index contributed by atoms with van der Waals surface area (Å²) in [6.45, 7) is 2.98. The number of carbonyl (C=O) groups is 2. The fourth-order valence-electron chi connectivity index (χ4n) is 2.24. The lowest BCUT2D eigenvalue weighted by atomic mass is 10.2. The van der Waals surface area contributed by atoms with Crippen LogP contribution in [0, 0.1) is 0 Å². The first-order chi connectivity index (χ1) is 12.7. The largest absolute Gasteiger partial charge is 0.482 e. The van der Waals surface area contributed by atoms with E-state index in [0.29, 0.717) is 11.3 Å². The van der Waals surface area contributed by atoms with E-state index in [9.17, 15) is 18.0 Å². The smallest absolute Gasteiger partial charge is 0.341 e. The van der Waals surface area contributed by atoms with Crippen molar-refractivity contribution in [3.63, 3.8) is 0 Å². The van der Waals surface area contributed by atoms with E-state index in [1.54, 1.807) is 38.1 Å². The summed E-state index contributed by atoms with van der Waals surface area (Å²) in [7, 11) is -3.38. The minimum absolute atomic E-state index is 0.178. The number of hydrogen-bond acceptors (Lipinski definition) is 5. The van der Waals surface area contributed by atoms with Crippen LogP contribution in [0.4, 0.5) is 0 Å². The van der Waals surface area contributed by atoms with Gasteiger partial charge in [-0.25, -0.2) is 13.2 Å². The van der Waals surface area contributed by atoms with Crippen molar-refractivity contribution in [3.8, 4) is 5.75 Å². The molecule has 2 aromatic carbocycles. The molecule has 0 heterocycles. The molecule has 8 heteroatoms. The molecule has 0 aliphatic heterocycles. The molecular formula is C19H21NO6S. The summed E-state index contributed by atoms with van der Waals surface area (Å²) in [6.07, 6.45) is 0. The maximum atomic E-state index is 12.2. The summed E-state index contributed by atoms with van der Waals surface area (Å²) in [5.74, 6) is -1.02. The summed E-state index contributed by atoms with van der Waals surface area (Å²) in [5.41, 5.74) is 1.08. The highest BCUT2D eigenvalue weighted by molar-refractivity contribution is 7.92. The fourth-order valence-corrected chi connectivity index (χ4v) is 3.30. The summed E-state index contributed by atoms with van der Waals surface area (Å²) >= 11 is 0. The van der Waals surface area contributed by atoms with Gasteiger partial charge in [0.15, 0.2) is 16.4 Å². The SMILES string of the molecule is CC(C)S(=O)(=O)c1ccc(C(=O)NCc2cccc(OCC(=O)O)c2)cc1. The number of carbonyl (C=O) groups excluding carboxylic acids is 1. The Balaban J connectivity index is 2.00. The Labute approximate surface area is 157 Å². The molecule has 0 aliphatic rings. The van der Waals surface area contributed by atoms with Crippen molar-refractivity contribution in [3.05, 3.63) is 59.7 Å². The Morgan fingerprint density at radius 3 is 2.37 bits per heavy atom. The molecule has 0 saturated heterocycles. The summed E-state index contributed by atoms with van der Waals surface area (Å²) in [5, 5.41) is 10.8. The third-order valence-corrected chi connectivity index (χ3v) is 5.95. The van der Waals surface area contributed by atoms with Gasteiger partial charge in [0.05, 0.1) is 10.1 Å². The standard InChI is InChI=1S/C19H21NO6S/c1-13(2)27(24,25)17-8-6-15(7-9-17)19(23)20-11-14-4-3-5-16(10-14)26-12-18(21)22/h3-10,13H,11-12H2,1-2H3,(H,20,23)(H,21,22). The predicted molar refractivity (Wildman–Crippen MR) is 99.5 cm³/mol. The van der Waals surface area contributed by atoms with Gasteiger partial charge in [0.1, 0.15) is 5.75 Å². The third kappa shape index (κ3) is 5.55. The van der Waals surface area contributed by atoms with Gasteiger partial charge >= 0.3 is 5.97 Å². The molecule has 0 spiro atoms. The number of sulfone groups is 1. The van der Waals surface area contributed by atoms with E-state index in [4.69, 9.17) is 9.84 Å². The molecule has 144 valence electrons. The lowest BCUT2D eigenvalue weighted by molar-refractivity contribution is -0.139. The Morgan fingerprint density at radius 2 is 1.78 bits per heavy atom. The third-order valence-electron chi connectivity index (χ3n) is 3.78. The minimum Gasteiger partial charge on any atom is -0.482 e. The van der Waals surface area contributed by atoms with Crippen LogP contribution in [-0.4, -0.2) is 37.3 Å². The van der Waals surface area contributed by atoms with Crippen molar-refractivity contribution >= 4 is 21.7 Å². The zero-order valence-electron chi connectivity index (χ0n) is 15.0.